The van der Waals surface area contributed by atoms with Gasteiger partial charge in [0.2, 0.25) is 0 Å². The average molecular weight is 639 g/mol. The maximum Gasteiger partial charge on any atom is 0.334 e. The van der Waals surface area contributed by atoms with E-state index in [9.17, 15) is 25.2 Å². The fourth-order valence-electron chi connectivity index (χ4n) is 7.29. The van der Waals surface area contributed by atoms with Gasteiger partial charge in [-0.15, -0.1) is 0 Å². The van der Waals surface area contributed by atoms with Crippen molar-refractivity contribution in [1.29, 1.82) is 0 Å². The number of cyclic esters (lactones) is 1. The van der Waals surface area contributed by atoms with E-state index >= 15 is 0 Å². The van der Waals surface area contributed by atoms with Crippen LogP contribution in [0.25, 0.3) is 0 Å². The molecule has 0 spiro atoms. The number of carbonyl (C=O) groups is 1. The number of esters is 1. The van der Waals surface area contributed by atoms with E-state index in [4.69, 9.17) is 14.2 Å². The van der Waals surface area contributed by atoms with Crippen molar-refractivity contribution in [3.05, 3.63) is 11.6 Å². The first-order valence-corrected chi connectivity index (χ1v) is 18.7. The molecule has 2 saturated heterocycles. The molecule has 0 aromatic heterocycles. The molecule has 45 heavy (non-hydrogen) atoms. The van der Waals surface area contributed by atoms with E-state index in [0.717, 1.165) is 83.5 Å². The Kier molecular flexibility index (Phi) is 18.6. The molecule has 0 radical (unpaired) electrons. The van der Waals surface area contributed by atoms with Crippen molar-refractivity contribution < 1.29 is 39.4 Å². The predicted octanol–water partition coefficient (Wildman–Crippen LogP) is 6.83. The van der Waals surface area contributed by atoms with Crippen LogP contribution in [0.15, 0.2) is 11.6 Å². The Hall–Kier alpha value is -1.03. The van der Waals surface area contributed by atoms with Gasteiger partial charge in [-0.25, -0.2) is 4.79 Å². The van der Waals surface area contributed by atoms with E-state index in [0.29, 0.717) is 31.3 Å². The van der Waals surface area contributed by atoms with Gasteiger partial charge in [0.05, 0.1) is 48.8 Å². The first-order valence-electron chi connectivity index (χ1n) is 18.7. The van der Waals surface area contributed by atoms with Gasteiger partial charge in [0.25, 0.3) is 0 Å². The third-order valence-electron chi connectivity index (χ3n) is 10.1. The zero-order valence-electron chi connectivity index (χ0n) is 28.5. The fraction of sp³-hybridized carbons (Fsp3) is 0.919. The Morgan fingerprint density at radius 2 is 1.18 bits per heavy atom. The maximum atomic E-state index is 11.7. The second-order valence-electron chi connectivity index (χ2n) is 14.2. The van der Waals surface area contributed by atoms with Crippen LogP contribution in [0.5, 0.6) is 0 Å². The molecular formula is C37H66O8. The third kappa shape index (κ3) is 14.7. The molecule has 0 saturated carbocycles. The Labute approximate surface area is 273 Å². The molecule has 0 bridgehead atoms. The lowest BCUT2D eigenvalue weighted by molar-refractivity contribution is -0.139. The summed E-state index contributed by atoms with van der Waals surface area (Å²) in [5.41, 5.74) is 0.600. The van der Waals surface area contributed by atoms with E-state index in [1.165, 1.54) is 38.5 Å². The van der Waals surface area contributed by atoms with Crippen LogP contribution >= 0.6 is 0 Å². The topological polar surface area (TPSA) is 126 Å². The quantitative estimate of drug-likeness (QED) is 0.0634. The zero-order valence-corrected chi connectivity index (χ0v) is 28.5. The van der Waals surface area contributed by atoms with E-state index in [1.54, 1.807) is 6.08 Å². The summed E-state index contributed by atoms with van der Waals surface area (Å²) < 4.78 is 17.3. The van der Waals surface area contributed by atoms with Crippen LogP contribution in [0.4, 0.5) is 0 Å². The number of ether oxygens (including phenoxy) is 3. The normalized spacial score (nSPS) is 27.8. The minimum Gasteiger partial charge on any atom is -0.455 e. The monoisotopic (exact) mass is 638 g/mol. The van der Waals surface area contributed by atoms with Gasteiger partial charge >= 0.3 is 5.97 Å². The van der Waals surface area contributed by atoms with E-state index < -0.39 is 24.4 Å². The Balaban J connectivity index is 1.16. The highest BCUT2D eigenvalue weighted by Crippen LogP contribution is 2.31. The van der Waals surface area contributed by atoms with Crippen molar-refractivity contribution in [1.82, 2.24) is 0 Å². The lowest BCUT2D eigenvalue weighted by Gasteiger charge is -2.24. The van der Waals surface area contributed by atoms with Crippen LogP contribution in [-0.4, -0.2) is 81.3 Å². The SMILES string of the molecule is CCCCCCCCCC[C@H](O)[C@H]1CC[C@H]([C@H](O)CC[C@H](O)[C@@H]2CC[C@H](CCCCCCC[C@H](O)CC3=C[C@H](C)OC3=O)O2)O1. The van der Waals surface area contributed by atoms with Crippen LogP contribution in [0.2, 0.25) is 0 Å². The van der Waals surface area contributed by atoms with Crippen LogP contribution < -0.4 is 0 Å². The zero-order chi connectivity index (χ0) is 32.4. The molecule has 3 aliphatic heterocycles. The number of rotatable bonds is 25. The maximum absolute atomic E-state index is 11.7. The molecule has 3 heterocycles. The Bertz CT molecular complexity index is 833. The molecule has 262 valence electrons. The number of carbonyl (C=O) groups excluding carboxylic acids is 1. The summed E-state index contributed by atoms with van der Waals surface area (Å²) in [6.45, 7) is 4.07. The molecule has 2 fully saturated rings. The Morgan fingerprint density at radius 1 is 0.667 bits per heavy atom. The van der Waals surface area contributed by atoms with Crippen molar-refractivity contribution in [3.8, 4) is 0 Å². The van der Waals surface area contributed by atoms with Gasteiger partial charge in [-0.05, 0) is 70.8 Å². The number of aliphatic hydroxyl groups is 4. The van der Waals surface area contributed by atoms with Crippen LogP contribution in [-0.2, 0) is 19.0 Å². The largest absolute Gasteiger partial charge is 0.455 e. The van der Waals surface area contributed by atoms with Gasteiger partial charge in [-0.3, -0.25) is 0 Å². The lowest BCUT2D eigenvalue weighted by atomic mass is 9.98. The van der Waals surface area contributed by atoms with E-state index in [1.807, 2.05) is 6.92 Å². The second-order valence-corrected chi connectivity index (χ2v) is 14.2. The van der Waals surface area contributed by atoms with Gasteiger partial charge in [0, 0.05) is 12.0 Å². The van der Waals surface area contributed by atoms with Crippen LogP contribution in [0.1, 0.15) is 162 Å². The second kappa shape index (κ2) is 21.8. The lowest BCUT2D eigenvalue weighted by Crippen LogP contribution is -2.33. The molecule has 9 atom stereocenters. The number of unbranched alkanes of at least 4 members (excludes halogenated alkanes) is 11. The highest BCUT2D eigenvalue weighted by Gasteiger charge is 2.36. The number of hydrogen-bond donors (Lipinski definition) is 4. The number of hydrogen-bond acceptors (Lipinski definition) is 8. The van der Waals surface area contributed by atoms with Crippen LogP contribution in [0, 0.1) is 0 Å². The van der Waals surface area contributed by atoms with Gasteiger partial charge < -0.3 is 34.6 Å². The summed E-state index contributed by atoms with van der Waals surface area (Å²) in [5, 5.41) is 42.4. The smallest absolute Gasteiger partial charge is 0.334 e. The van der Waals surface area contributed by atoms with Crippen LogP contribution in [0.3, 0.4) is 0 Å². The summed E-state index contributed by atoms with van der Waals surface area (Å²) in [5.74, 6) is -0.295. The van der Waals surface area contributed by atoms with Crippen molar-refractivity contribution in [2.45, 2.75) is 216 Å². The summed E-state index contributed by atoms with van der Waals surface area (Å²) in [7, 11) is 0. The molecule has 0 aromatic carbocycles. The van der Waals surface area contributed by atoms with Gasteiger partial charge in [-0.1, -0.05) is 90.4 Å². The highest BCUT2D eigenvalue weighted by atomic mass is 16.5. The van der Waals surface area contributed by atoms with Crippen molar-refractivity contribution >= 4 is 5.97 Å². The first-order chi connectivity index (χ1) is 21.8. The number of aliphatic hydroxyl groups excluding tert-OH is 4. The molecule has 0 amide bonds. The molecular weight excluding hydrogens is 572 g/mol. The summed E-state index contributed by atoms with van der Waals surface area (Å²) in [6.07, 6.45) is 21.6. The summed E-state index contributed by atoms with van der Waals surface area (Å²) in [4.78, 5) is 11.7. The third-order valence-corrected chi connectivity index (χ3v) is 10.1. The molecule has 0 aromatic rings. The van der Waals surface area contributed by atoms with E-state index in [2.05, 4.69) is 6.92 Å². The minimum absolute atomic E-state index is 0.162. The molecule has 3 aliphatic rings. The molecule has 4 N–H and O–H groups in total. The predicted molar refractivity (Wildman–Crippen MR) is 177 cm³/mol. The first kappa shape index (κ1) is 38.4. The average Bonchev–Trinajstić information content (AvgIpc) is 3.77. The van der Waals surface area contributed by atoms with Gasteiger partial charge in [0.1, 0.15) is 6.10 Å². The van der Waals surface area contributed by atoms with Gasteiger partial charge in [-0.2, -0.15) is 0 Å². The molecule has 8 nitrogen and oxygen atoms in total. The molecule has 0 aliphatic carbocycles. The molecule has 3 rings (SSSR count). The molecule has 8 heteroatoms. The van der Waals surface area contributed by atoms with Crippen molar-refractivity contribution in [3.63, 3.8) is 0 Å². The van der Waals surface area contributed by atoms with E-state index in [-0.39, 0.29) is 36.5 Å². The summed E-state index contributed by atoms with van der Waals surface area (Å²) >= 11 is 0. The Morgan fingerprint density at radius 3 is 1.78 bits per heavy atom. The van der Waals surface area contributed by atoms with Crippen molar-refractivity contribution in [2.75, 3.05) is 0 Å². The standard InChI is InChI=1S/C37H66O8/c1-3-4-5-6-7-8-12-15-18-31(39)35-23-24-36(45-35)33(41)21-20-32(40)34-22-19-30(44-34)17-14-11-9-10-13-16-29(38)26-28-25-27(2)43-37(28)42/h25,27,29-36,38-41H,3-24,26H2,1-2H3/t27-,29-,30-,31-,32-,33+,34-,35+,36+/m0/s1. The minimum atomic E-state index is -0.627. The van der Waals surface area contributed by atoms with Gasteiger partial charge in [0.15, 0.2) is 0 Å². The summed E-state index contributed by atoms with van der Waals surface area (Å²) in [6, 6.07) is 0. The fourth-order valence-corrected chi connectivity index (χ4v) is 7.29. The highest BCUT2D eigenvalue weighted by molar-refractivity contribution is 5.90. The van der Waals surface area contributed by atoms with Crippen molar-refractivity contribution in [2.24, 2.45) is 0 Å². The molecule has 0 unspecified atom stereocenters.